The molecule has 0 fully saturated rings. The van der Waals surface area contributed by atoms with Crippen LogP contribution in [0.3, 0.4) is 0 Å². The summed E-state index contributed by atoms with van der Waals surface area (Å²) in [6, 6.07) is 0. The summed E-state index contributed by atoms with van der Waals surface area (Å²) in [6.07, 6.45) is -12.5. The average molecular weight is 451 g/mol. The quantitative estimate of drug-likeness (QED) is 0.480. The molecule has 0 aromatic carbocycles. The topological polar surface area (TPSA) is 20.3 Å². The van der Waals surface area contributed by atoms with Crippen LogP contribution in [0.2, 0.25) is 0 Å². The monoisotopic (exact) mass is 451 g/mol. The van der Waals surface area contributed by atoms with Crippen LogP contribution in [0.4, 0.5) is 61.5 Å². The van der Waals surface area contributed by atoms with Crippen molar-refractivity contribution in [2.75, 3.05) is 13.1 Å². The highest BCUT2D eigenvalue weighted by Gasteiger charge is 2.91. The molecule has 0 saturated heterocycles. The summed E-state index contributed by atoms with van der Waals surface area (Å²) < 4.78 is 181. The Hall–Kier alpha value is -1.51. The summed E-state index contributed by atoms with van der Waals surface area (Å²) in [6.45, 7) is 0.681. The molecule has 1 unspecified atom stereocenters. The first-order valence-corrected chi connectivity index (χ1v) is 6.98. The van der Waals surface area contributed by atoms with Gasteiger partial charge in [-0.2, -0.15) is 57.1 Å². The minimum absolute atomic E-state index is 0.0370. The summed E-state index contributed by atoms with van der Waals surface area (Å²) in [5.74, 6) is -41.7. The Labute approximate surface area is 147 Å². The second kappa shape index (κ2) is 7.39. The van der Waals surface area contributed by atoms with Gasteiger partial charge in [0.05, 0.1) is 0 Å². The summed E-state index contributed by atoms with van der Waals surface area (Å²) in [5, 5.41) is 0. The third-order valence-electron chi connectivity index (χ3n) is 3.57. The Balaban J connectivity index is 6.36. The van der Waals surface area contributed by atoms with E-state index in [0.29, 0.717) is 0 Å². The van der Waals surface area contributed by atoms with E-state index in [1.54, 1.807) is 0 Å². The summed E-state index contributed by atoms with van der Waals surface area (Å²) >= 11 is 0. The number of carbonyl (C=O) groups excluding carboxylic acids is 1. The maximum Gasteiger partial charge on any atom is 0.460 e. The zero-order valence-corrected chi connectivity index (χ0v) is 13.6. The zero-order chi connectivity index (χ0) is 23.1. The lowest BCUT2D eigenvalue weighted by molar-refractivity contribution is -0.442. The van der Waals surface area contributed by atoms with E-state index in [-0.39, 0.29) is 4.90 Å². The second-order valence-electron chi connectivity index (χ2n) is 5.29. The van der Waals surface area contributed by atoms with E-state index < -0.39 is 61.0 Å². The van der Waals surface area contributed by atoms with Gasteiger partial charge in [0.2, 0.25) is 6.17 Å². The Morgan fingerprint density at radius 2 is 1.00 bits per heavy atom. The summed E-state index contributed by atoms with van der Waals surface area (Å²) in [7, 11) is 0. The molecule has 0 N–H and O–H groups in total. The fraction of sp³-hybridized carbons (Fsp3) is 0.917. The van der Waals surface area contributed by atoms with Crippen LogP contribution in [0.1, 0.15) is 13.8 Å². The minimum Gasteiger partial charge on any atom is -0.341 e. The molecule has 0 rings (SSSR count). The maximum atomic E-state index is 13.5. The normalized spacial score (nSPS) is 16.1. The third kappa shape index (κ3) is 3.57. The average Bonchev–Trinajstić information content (AvgIpc) is 2.53. The van der Waals surface area contributed by atoms with Gasteiger partial charge in [0, 0.05) is 13.1 Å². The molecule has 0 aromatic rings. The number of hydrogen-bond acceptors (Lipinski definition) is 1. The van der Waals surface area contributed by atoms with Crippen LogP contribution in [0.25, 0.3) is 0 Å². The van der Waals surface area contributed by atoms with Crippen molar-refractivity contribution in [2.24, 2.45) is 0 Å². The standard InChI is InChI=1S/C12H11F14NO/c1-3-27(4-2)6(28)5(13)7(14,15)8(16,17)9(18,19)10(20,21)11(22,23)12(24,25)26/h5H,3-4H2,1-2H3. The van der Waals surface area contributed by atoms with Crippen molar-refractivity contribution < 1.29 is 66.3 Å². The van der Waals surface area contributed by atoms with Gasteiger partial charge in [0.25, 0.3) is 5.91 Å². The molecular weight excluding hydrogens is 440 g/mol. The van der Waals surface area contributed by atoms with Crippen molar-refractivity contribution in [2.45, 2.75) is 55.8 Å². The highest BCUT2D eigenvalue weighted by atomic mass is 19.4. The molecule has 168 valence electrons. The lowest BCUT2D eigenvalue weighted by atomic mass is 9.91. The number of nitrogens with zero attached hydrogens (tertiary/aromatic N) is 1. The fourth-order valence-electron chi connectivity index (χ4n) is 1.79. The highest BCUT2D eigenvalue weighted by Crippen LogP contribution is 2.60. The van der Waals surface area contributed by atoms with Gasteiger partial charge < -0.3 is 4.90 Å². The largest absolute Gasteiger partial charge is 0.460 e. The van der Waals surface area contributed by atoms with E-state index in [2.05, 4.69) is 0 Å². The molecule has 0 saturated carbocycles. The third-order valence-corrected chi connectivity index (χ3v) is 3.57. The first kappa shape index (κ1) is 26.5. The van der Waals surface area contributed by atoms with Gasteiger partial charge in [-0.05, 0) is 13.8 Å². The summed E-state index contributed by atoms with van der Waals surface area (Å²) in [5.41, 5.74) is 0. The van der Waals surface area contributed by atoms with Crippen LogP contribution in [0.15, 0.2) is 0 Å². The van der Waals surface area contributed by atoms with Gasteiger partial charge in [-0.3, -0.25) is 4.79 Å². The number of rotatable bonds is 8. The molecule has 0 aliphatic rings. The van der Waals surface area contributed by atoms with E-state index in [1.165, 1.54) is 0 Å². The molecule has 28 heavy (non-hydrogen) atoms. The van der Waals surface area contributed by atoms with Gasteiger partial charge in [-0.15, -0.1) is 0 Å². The smallest absolute Gasteiger partial charge is 0.341 e. The molecule has 0 aliphatic heterocycles. The second-order valence-corrected chi connectivity index (χ2v) is 5.29. The van der Waals surface area contributed by atoms with Gasteiger partial charge in [-0.25, -0.2) is 4.39 Å². The van der Waals surface area contributed by atoms with Crippen LogP contribution >= 0.6 is 0 Å². The number of alkyl halides is 14. The molecule has 2 nitrogen and oxygen atoms in total. The Morgan fingerprint density at radius 1 is 0.679 bits per heavy atom. The van der Waals surface area contributed by atoms with Crippen molar-refractivity contribution in [3.63, 3.8) is 0 Å². The highest BCUT2D eigenvalue weighted by molar-refractivity contribution is 5.82. The van der Waals surface area contributed by atoms with Crippen molar-refractivity contribution in [3.05, 3.63) is 0 Å². The molecule has 0 heterocycles. The number of amides is 1. The molecule has 0 bridgehead atoms. The Kier molecular flexibility index (Phi) is 6.99. The van der Waals surface area contributed by atoms with Gasteiger partial charge in [0.1, 0.15) is 0 Å². The lowest BCUT2D eigenvalue weighted by Gasteiger charge is -2.40. The fourth-order valence-corrected chi connectivity index (χ4v) is 1.79. The van der Waals surface area contributed by atoms with E-state index in [9.17, 15) is 66.3 Å². The van der Waals surface area contributed by atoms with Crippen molar-refractivity contribution in [3.8, 4) is 0 Å². The summed E-state index contributed by atoms with van der Waals surface area (Å²) in [4.78, 5) is 11.3. The number of hydrogen-bond donors (Lipinski definition) is 0. The predicted molar refractivity (Wildman–Crippen MR) is 63.6 cm³/mol. The van der Waals surface area contributed by atoms with Crippen LogP contribution < -0.4 is 0 Å². The number of carbonyl (C=O) groups is 1. The van der Waals surface area contributed by atoms with Crippen molar-refractivity contribution in [1.82, 2.24) is 4.90 Å². The van der Waals surface area contributed by atoms with E-state index in [0.717, 1.165) is 13.8 Å². The van der Waals surface area contributed by atoms with Gasteiger partial charge >= 0.3 is 35.8 Å². The SMILES string of the molecule is CCN(CC)C(=O)C(F)C(F)(F)C(F)(F)C(F)(F)C(F)(F)C(F)(F)C(F)(F)F. The van der Waals surface area contributed by atoms with Crippen LogP contribution in [-0.4, -0.2) is 65.9 Å². The molecule has 0 radical (unpaired) electrons. The molecule has 0 spiro atoms. The Bertz CT molecular complexity index is 565. The van der Waals surface area contributed by atoms with Crippen LogP contribution in [-0.2, 0) is 4.79 Å². The van der Waals surface area contributed by atoms with Gasteiger partial charge in [-0.1, -0.05) is 0 Å². The molecule has 0 aromatic heterocycles. The van der Waals surface area contributed by atoms with Gasteiger partial charge in [0.15, 0.2) is 0 Å². The van der Waals surface area contributed by atoms with Crippen LogP contribution in [0.5, 0.6) is 0 Å². The lowest BCUT2D eigenvalue weighted by Crippen LogP contribution is -2.72. The van der Waals surface area contributed by atoms with Crippen LogP contribution in [0, 0.1) is 0 Å². The van der Waals surface area contributed by atoms with E-state index in [4.69, 9.17) is 0 Å². The minimum atomic E-state index is -8.14. The first-order chi connectivity index (χ1) is 12.1. The first-order valence-electron chi connectivity index (χ1n) is 6.98. The van der Waals surface area contributed by atoms with Crippen molar-refractivity contribution >= 4 is 5.91 Å². The van der Waals surface area contributed by atoms with E-state index >= 15 is 0 Å². The number of halogens is 14. The maximum absolute atomic E-state index is 13.5. The molecule has 1 amide bonds. The zero-order valence-electron chi connectivity index (χ0n) is 13.6. The molecule has 1 atom stereocenters. The van der Waals surface area contributed by atoms with Crippen molar-refractivity contribution in [1.29, 1.82) is 0 Å². The molecule has 16 heteroatoms. The van der Waals surface area contributed by atoms with E-state index in [1.807, 2.05) is 0 Å². The molecular formula is C12H11F14NO. The Morgan fingerprint density at radius 3 is 1.29 bits per heavy atom. The molecule has 0 aliphatic carbocycles. The predicted octanol–water partition coefficient (Wildman–Crippen LogP) is 4.93.